The van der Waals surface area contributed by atoms with Crippen LogP contribution in [0, 0.1) is 12.7 Å². The number of nitrogens with one attached hydrogen (secondary N) is 2. The summed E-state index contributed by atoms with van der Waals surface area (Å²) in [5.74, 6) is -0.826. The van der Waals surface area contributed by atoms with Gasteiger partial charge in [-0.2, -0.15) is 0 Å². The molecule has 0 aliphatic carbocycles. The van der Waals surface area contributed by atoms with Crippen LogP contribution in [0.2, 0.25) is 0 Å². The van der Waals surface area contributed by atoms with E-state index in [0.717, 1.165) is 11.3 Å². The molecule has 0 unspecified atom stereocenters. The Labute approximate surface area is 215 Å². The summed E-state index contributed by atoms with van der Waals surface area (Å²) in [6, 6.07) is 13.8. The first kappa shape index (κ1) is 25.3. The number of hydrogen-bond acceptors (Lipinski definition) is 7. The molecule has 2 amide bonds. The van der Waals surface area contributed by atoms with Gasteiger partial charge in [-0.15, -0.1) is 28.1 Å². The summed E-state index contributed by atoms with van der Waals surface area (Å²) >= 11 is 2.56. The van der Waals surface area contributed by atoms with E-state index < -0.39 is 11.7 Å². The molecule has 11 heteroatoms. The zero-order valence-corrected chi connectivity index (χ0v) is 21.0. The lowest BCUT2D eigenvalue weighted by Gasteiger charge is -2.09. The first-order chi connectivity index (χ1) is 17.4. The van der Waals surface area contributed by atoms with Gasteiger partial charge in [0.05, 0.1) is 23.6 Å². The highest BCUT2D eigenvalue weighted by atomic mass is 32.2. The van der Waals surface area contributed by atoms with Crippen molar-refractivity contribution < 1.29 is 14.0 Å². The maximum absolute atomic E-state index is 13.9. The number of benzene rings is 2. The normalized spacial score (nSPS) is 10.7. The third kappa shape index (κ3) is 6.23. The molecule has 184 valence electrons. The zero-order chi connectivity index (χ0) is 25.5. The fourth-order valence-electron chi connectivity index (χ4n) is 3.24. The average Bonchev–Trinajstić information content (AvgIpc) is 3.49. The number of aromatic nitrogens is 4. The molecular formula is C25H23FN6O2S2. The van der Waals surface area contributed by atoms with Crippen molar-refractivity contribution in [2.75, 3.05) is 11.1 Å². The minimum absolute atomic E-state index is 0.0433. The van der Waals surface area contributed by atoms with Crippen LogP contribution < -0.4 is 10.6 Å². The summed E-state index contributed by atoms with van der Waals surface area (Å²) in [6.07, 6.45) is 1.66. The van der Waals surface area contributed by atoms with Gasteiger partial charge >= 0.3 is 0 Å². The monoisotopic (exact) mass is 522 g/mol. The van der Waals surface area contributed by atoms with Crippen molar-refractivity contribution in [3.8, 4) is 11.3 Å². The van der Waals surface area contributed by atoms with Gasteiger partial charge in [-0.05, 0) is 19.1 Å². The number of carbonyl (C=O) groups excluding carboxylic acids is 2. The Morgan fingerprint density at radius 2 is 1.94 bits per heavy atom. The van der Waals surface area contributed by atoms with Gasteiger partial charge < -0.3 is 15.2 Å². The SMILES string of the molecule is C=CCn1c(CNC(=O)c2ccccc2F)nnc1SCC(=O)Nc1nc(-c2ccc(C)cc2)cs1. The zero-order valence-electron chi connectivity index (χ0n) is 19.4. The molecular weight excluding hydrogens is 499 g/mol. The molecule has 4 aromatic rings. The second-order valence-corrected chi connectivity index (χ2v) is 9.50. The van der Waals surface area contributed by atoms with E-state index in [9.17, 15) is 14.0 Å². The number of allylic oxidation sites excluding steroid dienone is 1. The summed E-state index contributed by atoms with van der Waals surface area (Å²) in [6.45, 7) is 6.20. The van der Waals surface area contributed by atoms with Crippen molar-refractivity contribution in [2.45, 2.75) is 25.2 Å². The van der Waals surface area contributed by atoms with E-state index in [-0.39, 0.29) is 23.8 Å². The van der Waals surface area contributed by atoms with Crippen molar-refractivity contribution in [2.24, 2.45) is 0 Å². The van der Waals surface area contributed by atoms with Gasteiger partial charge in [0.1, 0.15) is 5.82 Å². The second-order valence-electron chi connectivity index (χ2n) is 7.70. The topological polar surface area (TPSA) is 102 Å². The summed E-state index contributed by atoms with van der Waals surface area (Å²) in [5.41, 5.74) is 2.90. The molecule has 36 heavy (non-hydrogen) atoms. The number of aryl methyl sites for hydroxylation is 1. The number of rotatable bonds is 10. The Balaban J connectivity index is 1.34. The van der Waals surface area contributed by atoms with E-state index in [2.05, 4.69) is 32.4 Å². The van der Waals surface area contributed by atoms with E-state index in [4.69, 9.17) is 0 Å². The molecule has 0 saturated heterocycles. The maximum atomic E-state index is 13.9. The van der Waals surface area contributed by atoms with E-state index in [1.807, 2.05) is 36.6 Å². The Hall–Kier alpha value is -3.83. The Bertz CT molecular complexity index is 1380. The third-order valence-corrected chi connectivity index (χ3v) is 6.79. The van der Waals surface area contributed by atoms with Gasteiger partial charge in [0.25, 0.3) is 5.91 Å². The van der Waals surface area contributed by atoms with Crippen LogP contribution >= 0.6 is 23.1 Å². The largest absolute Gasteiger partial charge is 0.345 e. The summed E-state index contributed by atoms with van der Waals surface area (Å²) in [4.78, 5) is 29.3. The van der Waals surface area contributed by atoms with Crippen LogP contribution in [0.5, 0.6) is 0 Å². The van der Waals surface area contributed by atoms with E-state index >= 15 is 0 Å². The molecule has 2 heterocycles. The van der Waals surface area contributed by atoms with E-state index in [0.29, 0.717) is 22.7 Å². The Morgan fingerprint density at radius 3 is 2.69 bits per heavy atom. The lowest BCUT2D eigenvalue weighted by Crippen LogP contribution is -2.25. The van der Waals surface area contributed by atoms with Crippen LogP contribution in [0.15, 0.2) is 71.7 Å². The molecule has 2 aromatic carbocycles. The van der Waals surface area contributed by atoms with Gasteiger partial charge in [0, 0.05) is 17.5 Å². The Morgan fingerprint density at radius 1 is 1.17 bits per heavy atom. The van der Waals surface area contributed by atoms with Crippen LogP contribution in [-0.4, -0.2) is 37.3 Å². The van der Waals surface area contributed by atoms with Crippen molar-refractivity contribution in [1.29, 1.82) is 0 Å². The molecule has 2 aromatic heterocycles. The predicted octanol–water partition coefficient (Wildman–Crippen LogP) is 4.70. The number of carbonyl (C=O) groups is 2. The Kier molecular flexibility index (Phi) is 8.24. The summed E-state index contributed by atoms with van der Waals surface area (Å²) < 4.78 is 15.6. The molecule has 0 bridgehead atoms. The minimum atomic E-state index is -0.601. The average molecular weight is 523 g/mol. The van der Waals surface area contributed by atoms with E-state index in [1.54, 1.807) is 16.7 Å². The quantitative estimate of drug-likeness (QED) is 0.231. The van der Waals surface area contributed by atoms with Crippen LogP contribution in [0.25, 0.3) is 11.3 Å². The van der Waals surface area contributed by atoms with Crippen LogP contribution in [0.3, 0.4) is 0 Å². The van der Waals surface area contributed by atoms with Crippen molar-refractivity contribution in [3.63, 3.8) is 0 Å². The number of thioether (sulfide) groups is 1. The van der Waals surface area contributed by atoms with Gasteiger partial charge in [0.15, 0.2) is 16.1 Å². The molecule has 0 fully saturated rings. The number of anilines is 1. The van der Waals surface area contributed by atoms with Crippen molar-refractivity contribution in [1.82, 2.24) is 25.1 Å². The van der Waals surface area contributed by atoms with Crippen molar-refractivity contribution >= 4 is 40.0 Å². The van der Waals surface area contributed by atoms with Crippen LogP contribution in [-0.2, 0) is 17.9 Å². The number of amides is 2. The maximum Gasteiger partial charge on any atom is 0.254 e. The molecule has 0 aliphatic heterocycles. The molecule has 0 spiro atoms. The number of halogens is 1. The van der Waals surface area contributed by atoms with Gasteiger partial charge in [0.2, 0.25) is 5.91 Å². The molecule has 4 rings (SSSR count). The van der Waals surface area contributed by atoms with Crippen LogP contribution in [0.1, 0.15) is 21.7 Å². The highest BCUT2D eigenvalue weighted by Crippen LogP contribution is 2.25. The molecule has 0 saturated carbocycles. The van der Waals surface area contributed by atoms with Gasteiger partial charge in [-0.1, -0.05) is 59.8 Å². The lowest BCUT2D eigenvalue weighted by atomic mass is 10.1. The fourth-order valence-corrected chi connectivity index (χ4v) is 4.74. The highest BCUT2D eigenvalue weighted by Gasteiger charge is 2.17. The molecule has 0 aliphatic rings. The van der Waals surface area contributed by atoms with Crippen LogP contribution in [0.4, 0.5) is 9.52 Å². The standard InChI is InChI=1S/C25H23FN6O2S2/c1-3-12-32-21(13-27-23(34)18-6-4-5-7-19(18)26)30-31-25(32)36-15-22(33)29-24-28-20(14-35-24)17-10-8-16(2)9-11-17/h3-11,14H,1,12-13,15H2,2H3,(H,27,34)(H,28,29,33). The smallest absolute Gasteiger partial charge is 0.254 e. The van der Waals surface area contributed by atoms with Crippen molar-refractivity contribution in [3.05, 3.63) is 89.3 Å². The summed E-state index contributed by atoms with van der Waals surface area (Å²) in [7, 11) is 0. The third-order valence-electron chi connectivity index (χ3n) is 5.06. The predicted molar refractivity (Wildman–Crippen MR) is 139 cm³/mol. The fraction of sp³-hybridized carbons (Fsp3) is 0.160. The van der Waals surface area contributed by atoms with Gasteiger partial charge in [-0.3, -0.25) is 9.59 Å². The highest BCUT2D eigenvalue weighted by molar-refractivity contribution is 7.99. The first-order valence-electron chi connectivity index (χ1n) is 11.0. The molecule has 0 radical (unpaired) electrons. The molecule has 2 N–H and O–H groups in total. The number of hydrogen-bond donors (Lipinski definition) is 2. The number of nitrogens with zero attached hydrogens (tertiary/aromatic N) is 4. The summed E-state index contributed by atoms with van der Waals surface area (Å²) in [5, 5.41) is 16.6. The first-order valence-corrected chi connectivity index (χ1v) is 12.8. The minimum Gasteiger partial charge on any atom is -0.345 e. The van der Waals surface area contributed by atoms with Gasteiger partial charge in [-0.25, -0.2) is 9.37 Å². The van der Waals surface area contributed by atoms with E-state index in [1.165, 1.54) is 46.9 Å². The number of thiazole rings is 1. The second kappa shape index (κ2) is 11.7. The molecule has 8 nitrogen and oxygen atoms in total. The lowest BCUT2D eigenvalue weighted by molar-refractivity contribution is -0.113. The molecule has 0 atom stereocenters.